The van der Waals surface area contributed by atoms with Crippen LogP contribution in [0.4, 0.5) is 0 Å². The number of methoxy groups -OCH3 is 1. The maximum Gasteiger partial charge on any atom is 0.357 e. The molecule has 0 aliphatic carbocycles. The van der Waals surface area contributed by atoms with E-state index < -0.39 is 11.9 Å². The van der Waals surface area contributed by atoms with Crippen molar-refractivity contribution in [3.8, 4) is 11.1 Å². The summed E-state index contributed by atoms with van der Waals surface area (Å²) in [6, 6.07) is 16.7. The molecule has 25 heavy (non-hydrogen) atoms. The topological polar surface area (TPSA) is 65.5 Å². The number of hydrogen-bond donors (Lipinski definition) is 0. The molecule has 1 heterocycles. The minimum absolute atomic E-state index is 0.0359. The van der Waals surface area contributed by atoms with E-state index in [9.17, 15) is 9.59 Å². The van der Waals surface area contributed by atoms with Crippen LogP contribution in [0.5, 0.6) is 0 Å². The Morgan fingerprint density at radius 2 is 1.64 bits per heavy atom. The van der Waals surface area contributed by atoms with Gasteiger partial charge in [-0.1, -0.05) is 48.5 Å². The standard InChI is InChI=1S/C20H17NO4/c1-3-25-20(23)18-17(19(22)24-2)16(13-9-5-4-6-10-13)14-11-7-8-12-15(14)21-18/h4-12H,3H2,1-2H3. The average molecular weight is 335 g/mol. The monoisotopic (exact) mass is 335 g/mol. The zero-order valence-corrected chi connectivity index (χ0v) is 14.0. The van der Waals surface area contributed by atoms with Crippen molar-refractivity contribution in [1.82, 2.24) is 4.98 Å². The molecule has 5 heteroatoms. The molecule has 5 nitrogen and oxygen atoms in total. The molecule has 0 unspecified atom stereocenters. The third kappa shape index (κ3) is 3.08. The third-order valence-corrected chi connectivity index (χ3v) is 3.81. The van der Waals surface area contributed by atoms with Crippen molar-refractivity contribution in [2.75, 3.05) is 13.7 Å². The predicted octanol–water partition coefficient (Wildman–Crippen LogP) is 3.87. The molecule has 126 valence electrons. The molecule has 3 rings (SSSR count). The Morgan fingerprint density at radius 1 is 0.960 bits per heavy atom. The Balaban J connectivity index is 2.44. The number of benzene rings is 2. The van der Waals surface area contributed by atoms with Crippen LogP contribution in [0.1, 0.15) is 27.8 Å². The molecule has 3 aromatic rings. The van der Waals surface area contributed by atoms with Gasteiger partial charge in [0.2, 0.25) is 0 Å². The second kappa shape index (κ2) is 7.13. The van der Waals surface area contributed by atoms with Gasteiger partial charge in [0.15, 0.2) is 5.69 Å². The molecule has 0 N–H and O–H groups in total. The van der Waals surface area contributed by atoms with Gasteiger partial charge in [0.05, 0.1) is 19.2 Å². The lowest BCUT2D eigenvalue weighted by atomic mass is 9.94. The first-order valence-corrected chi connectivity index (χ1v) is 7.91. The lowest BCUT2D eigenvalue weighted by Crippen LogP contribution is -2.17. The van der Waals surface area contributed by atoms with Crippen LogP contribution in [-0.4, -0.2) is 30.6 Å². The first-order valence-electron chi connectivity index (χ1n) is 7.91. The number of nitrogens with zero attached hydrogens (tertiary/aromatic N) is 1. The largest absolute Gasteiger partial charge is 0.465 e. The van der Waals surface area contributed by atoms with Crippen molar-refractivity contribution >= 4 is 22.8 Å². The predicted molar refractivity (Wildman–Crippen MR) is 94.5 cm³/mol. The van der Waals surface area contributed by atoms with Gasteiger partial charge < -0.3 is 9.47 Å². The first-order chi connectivity index (χ1) is 12.2. The Kier molecular flexibility index (Phi) is 4.75. The van der Waals surface area contributed by atoms with E-state index in [-0.39, 0.29) is 17.9 Å². The molecule has 0 fully saturated rings. The molecule has 0 aliphatic heterocycles. The Hall–Kier alpha value is -3.21. The fourth-order valence-electron chi connectivity index (χ4n) is 2.76. The maximum absolute atomic E-state index is 12.5. The van der Waals surface area contributed by atoms with E-state index in [1.54, 1.807) is 13.0 Å². The van der Waals surface area contributed by atoms with E-state index in [0.717, 1.165) is 10.9 Å². The number of carbonyl (C=O) groups is 2. The van der Waals surface area contributed by atoms with E-state index in [2.05, 4.69) is 4.98 Å². The fraction of sp³-hybridized carbons (Fsp3) is 0.150. The molecule has 2 aromatic carbocycles. The average Bonchev–Trinajstić information content (AvgIpc) is 2.66. The molecular weight excluding hydrogens is 318 g/mol. The molecular formula is C20H17NO4. The number of aromatic nitrogens is 1. The minimum Gasteiger partial charge on any atom is -0.465 e. The van der Waals surface area contributed by atoms with E-state index in [0.29, 0.717) is 11.1 Å². The van der Waals surface area contributed by atoms with Gasteiger partial charge in [0, 0.05) is 10.9 Å². The van der Waals surface area contributed by atoms with Crippen molar-refractivity contribution in [1.29, 1.82) is 0 Å². The van der Waals surface area contributed by atoms with E-state index in [1.807, 2.05) is 48.5 Å². The van der Waals surface area contributed by atoms with E-state index >= 15 is 0 Å². The lowest BCUT2D eigenvalue weighted by Gasteiger charge is -2.15. The Morgan fingerprint density at radius 3 is 2.32 bits per heavy atom. The Labute approximate surface area is 145 Å². The second-order valence-corrected chi connectivity index (χ2v) is 5.31. The number of hydrogen-bond acceptors (Lipinski definition) is 5. The number of para-hydroxylation sites is 1. The lowest BCUT2D eigenvalue weighted by molar-refractivity contribution is 0.0498. The van der Waals surface area contributed by atoms with Gasteiger partial charge in [-0.2, -0.15) is 0 Å². The van der Waals surface area contributed by atoms with Crippen molar-refractivity contribution in [3.63, 3.8) is 0 Å². The minimum atomic E-state index is -0.647. The summed E-state index contributed by atoms with van der Waals surface area (Å²) in [5.74, 6) is -1.27. The SMILES string of the molecule is CCOC(=O)c1nc2ccccc2c(-c2ccccc2)c1C(=O)OC. The number of ether oxygens (including phenoxy) is 2. The van der Waals surface area contributed by atoms with Crippen molar-refractivity contribution in [2.45, 2.75) is 6.92 Å². The number of pyridine rings is 1. The van der Waals surface area contributed by atoms with Gasteiger partial charge in [-0.05, 0) is 18.6 Å². The second-order valence-electron chi connectivity index (χ2n) is 5.31. The van der Waals surface area contributed by atoms with Gasteiger partial charge in [-0.25, -0.2) is 14.6 Å². The van der Waals surface area contributed by atoms with Crippen molar-refractivity contribution in [2.24, 2.45) is 0 Å². The third-order valence-electron chi connectivity index (χ3n) is 3.81. The summed E-state index contributed by atoms with van der Waals surface area (Å²) in [6.07, 6.45) is 0. The van der Waals surface area contributed by atoms with Gasteiger partial charge in [0.25, 0.3) is 0 Å². The highest BCUT2D eigenvalue weighted by molar-refractivity contribution is 6.13. The van der Waals surface area contributed by atoms with Crippen LogP contribution in [-0.2, 0) is 9.47 Å². The molecule has 0 atom stereocenters. The smallest absolute Gasteiger partial charge is 0.357 e. The van der Waals surface area contributed by atoms with E-state index in [1.165, 1.54) is 7.11 Å². The first kappa shape index (κ1) is 16.6. The molecule has 0 spiro atoms. The highest BCUT2D eigenvalue weighted by atomic mass is 16.5. The number of fused-ring (bicyclic) bond motifs is 1. The van der Waals surface area contributed by atoms with Crippen LogP contribution in [0.2, 0.25) is 0 Å². The molecule has 0 aliphatic rings. The molecule has 0 bridgehead atoms. The zero-order chi connectivity index (χ0) is 17.8. The van der Waals surface area contributed by atoms with Gasteiger partial charge in [0.1, 0.15) is 5.56 Å². The summed E-state index contributed by atoms with van der Waals surface area (Å²) in [5, 5.41) is 0.766. The zero-order valence-electron chi connectivity index (χ0n) is 14.0. The normalized spacial score (nSPS) is 10.5. The highest BCUT2D eigenvalue weighted by Crippen LogP contribution is 2.33. The molecule has 0 radical (unpaired) electrons. The summed E-state index contributed by atoms with van der Waals surface area (Å²) in [6.45, 7) is 1.89. The highest BCUT2D eigenvalue weighted by Gasteiger charge is 2.27. The molecule has 0 saturated carbocycles. The summed E-state index contributed by atoms with van der Waals surface area (Å²) in [5.41, 5.74) is 2.10. The number of carbonyl (C=O) groups excluding carboxylic acids is 2. The van der Waals surface area contributed by atoms with Crippen LogP contribution in [0, 0.1) is 0 Å². The van der Waals surface area contributed by atoms with Crippen molar-refractivity contribution in [3.05, 3.63) is 65.9 Å². The fourth-order valence-corrected chi connectivity index (χ4v) is 2.76. The van der Waals surface area contributed by atoms with Crippen molar-refractivity contribution < 1.29 is 19.1 Å². The van der Waals surface area contributed by atoms with Gasteiger partial charge in [-0.3, -0.25) is 0 Å². The summed E-state index contributed by atoms with van der Waals surface area (Å²) < 4.78 is 10.0. The van der Waals surface area contributed by atoms with E-state index in [4.69, 9.17) is 9.47 Å². The quantitative estimate of drug-likeness (QED) is 0.677. The van der Waals surface area contributed by atoms with Gasteiger partial charge in [-0.15, -0.1) is 0 Å². The van der Waals surface area contributed by atoms with Crippen LogP contribution in [0.25, 0.3) is 22.0 Å². The molecule has 0 amide bonds. The molecule has 1 aromatic heterocycles. The maximum atomic E-state index is 12.5. The Bertz CT molecular complexity index is 935. The van der Waals surface area contributed by atoms with Gasteiger partial charge >= 0.3 is 11.9 Å². The summed E-state index contributed by atoms with van der Waals surface area (Å²) in [4.78, 5) is 29.3. The van der Waals surface area contributed by atoms with Crippen LogP contribution >= 0.6 is 0 Å². The summed E-state index contributed by atoms with van der Waals surface area (Å²) >= 11 is 0. The number of rotatable bonds is 4. The molecule has 0 saturated heterocycles. The van der Waals surface area contributed by atoms with Crippen LogP contribution in [0.15, 0.2) is 54.6 Å². The van der Waals surface area contributed by atoms with Crippen LogP contribution in [0.3, 0.4) is 0 Å². The summed E-state index contributed by atoms with van der Waals surface area (Å²) in [7, 11) is 1.28. The number of esters is 2. The van der Waals surface area contributed by atoms with Crippen LogP contribution < -0.4 is 0 Å².